The Kier molecular flexibility index (Phi) is 9.11. The molecule has 30 heavy (non-hydrogen) atoms. The van der Waals surface area contributed by atoms with Crippen LogP contribution in [0.4, 0.5) is 5.69 Å². The van der Waals surface area contributed by atoms with Crippen LogP contribution in [0.2, 0.25) is 0 Å². The SMILES string of the molecule is CCC(=O)N[C@H](Cc1ccc(NC(=O)[C@](C)(NCl)C2CCCCC2)cc1)C(=O)OC. The second-order valence-corrected chi connectivity index (χ2v) is 8.17. The Morgan fingerprint density at radius 1 is 1.17 bits per heavy atom. The van der Waals surface area contributed by atoms with E-state index < -0.39 is 17.6 Å². The highest BCUT2D eigenvalue weighted by Gasteiger charge is 2.41. The summed E-state index contributed by atoms with van der Waals surface area (Å²) >= 11 is 5.99. The Hall–Kier alpha value is -2.12. The summed E-state index contributed by atoms with van der Waals surface area (Å²) in [7, 11) is 1.29. The van der Waals surface area contributed by atoms with Gasteiger partial charge in [-0.25, -0.2) is 9.63 Å². The number of methoxy groups -OCH3 is 1. The number of amides is 2. The monoisotopic (exact) mass is 437 g/mol. The number of esters is 1. The van der Waals surface area contributed by atoms with Crippen molar-refractivity contribution in [2.45, 2.75) is 70.4 Å². The van der Waals surface area contributed by atoms with E-state index in [-0.39, 0.29) is 24.2 Å². The van der Waals surface area contributed by atoms with Crippen molar-refractivity contribution >= 4 is 35.2 Å². The summed E-state index contributed by atoms with van der Waals surface area (Å²) in [6.45, 7) is 3.56. The number of carbonyl (C=O) groups excluding carboxylic acids is 3. The Balaban J connectivity index is 2.04. The quantitative estimate of drug-likeness (QED) is 0.406. The summed E-state index contributed by atoms with van der Waals surface area (Å²) in [5.74, 6) is -0.693. The highest BCUT2D eigenvalue weighted by atomic mass is 35.5. The van der Waals surface area contributed by atoms with Crippen LogP contribution in [0, 0.1) is 5.92 Å². The summed E-state index contributed by atoms with van der Waals surface area (Å²) in [5, 5.41) is 5.61. The molecule has 2 amide bonds. The van der Waals surface area contributed by atoms with E-state index in [0.717, 1.165) is 31.2 Å². The maximum atomic E-state index is 12.9. The van der Waals surface area contributed by atoms with Crippen molar-refractivity contribution in [3.8, 4) is 0 Å². The summed E-state index contributed by atoms with van der Waals surface area (Å²) < 4.78 is 4.78. The fraction of sp³-hybridized carbons (Fsp3) is 0.591. The van der Waals surface area contributed by atoms with Crippen LogP contribution in [0.3, 0.4) is 0 Å². The molecule has 1 aromatic rings. The lowest BCUT2D eigenvalue weighted by molar-refractivity contribution is -0.145. The van der Waals surface area contributed by atoms with Gasteiger partial charge in [0.1, 0.15) is 11.6 Å². The Morgan fingerprint density at radius 3 is 2.33 bits per heavy atom. The van der Waals surface area contributed by atoms with Crippen LogP contribution in [0.1, 0.15) is 57.9 Å². The van der Waals surface area contributed by atoms with Gasteiger partial charge in [-0.05, 0) is 55.2 Å². The van der Waals surface area contributed by atoms with Crippen LogP contribution in [-0.4, -0.2) is 36.5 Å². The van der Waals surface area contributed by atoms with Crippen molar-refractivity contribution in [1.29, 1.82) is 0 Å². The first kappa shape index (κ1) is 24.2. The molecule has 1 saturated carbocycles. The summed E-state index contributed by atoms with van der Waals surface area (Å²) in [6, 6.07) is 6.43. The Morgan fingerprint density at radius 2 is 1.80 bits per heavy atom. The van der Waals surface area contributed by atoms with Gasteiger partial charge < -0.3 is 15.4 Å². The average molecular weight is 438 g/mol. The Bertz CT molecular complexity index is 734. The molecule has 1 aromatic carbocycles. The lowest BCUT2D eigenvalue weighted by Crippen LogP contribution is -2.54. The van der Waals surface area contributed by atoms with Gasteiger partial charge >= 0.3 is 5.97 Å². The van der Waals surface area contributed by atoms with E-state index in [9.17, 15) is 14.4 Å². The van der Waals surface area contributed by atoms with Gasteiger partial charge in [-0.15, -0.1) is 0 Å². The Labute approximate surface area is 183 Å². The maximum absolute atomic E-state index is 12.9. The van der Waals surface area contributed by atoms with Crippen molar-refractivity contribution in [3.63, 3.8) is 0 Å². The van der Waals surface area contributed by atoms with Crippen molar-refractivity contribution < 1.29 is 19.1 Å². The molecular weight excluding hydrogens is 406 g/mol. The predicted octanol–water partition coefficient (Wildman–Crippen LogP) is 3.32. The maximum Gasteiger partial charge on any atom is 0.328 e. The molecule has 0 aromatic heterocycles. The van der Waals surface area contributed by atoms with Gasteiger partial charge in [0.25, 0.3) is 0 Å². The van der Waals surface area contributed by atoms with Gasteiger partial charge in [-0.3, -0.25) is 9.59 Å². The second-order valence-electron chi connectivity index (χ2n) is 7.98. The van der Waals surface area contributed by atoms with E-state index in [1.807, 2.05) is 19.1 Å². The van der Waals surface area contributed by atoms with Gasteiger partial charge in [-0.1, -0.05) is 38.3 Å². The molecule has 0 saturated heterocycles. The third-order valence-corrected chi connectivity index (χ3v) is 6.28. The number of ether oxygens (including phenoxy) is 1. The zero-order valence-electron chi connectivity index (χ0n) is 17.9. The van der Waals surface area contributed by atoms with E-state index in [2.05, 4.69) is 15.5 Å². The molecule has 0 radical (unpaired) electrons. The second kappa shape index (κ2) is 11.3. The lowest BCUT2D eigenvalue weighted by atomic mass is 9.75. The fourth-order valence-electron chi connectivity index (χ4n) is 3.84. The van der Waals surface area contributed by atoms with Crippen LogP contribution in [0.5, 0.6) is 0 Å². The summed E-state index contributed by atoms with van der Waals surface area (Å²) in [5.41, 5.74) is 0.636. The number of rotatable bonds is 9. The largest absolute Gasteiger partial charge is 0.467 e. The minimum atomic E-state index is -0.846. The molecule has 2 rings (SSSR count). The molecule has 3 N–H and O–H groups in total. The standard InChI is InChI=1S/C22H32ClN3O4/c1-4-19(27)25-18(20(28)30-3)14-15-10-12-17(13-11-15)24-21(29)22(2,26-23)16-8-6-5-7-9-16/h10-13,16,18,26H,4-9,14H2,1-3H3,(H,24,29)(H,25,27)/t18-,22-/m1/s1. The van der Waals surface area contributed by atoms with Gasteiger partial charge in [0, 0.05) is 18.5 Å². The third-order valence-electron chi connectivity index (χ3n) is 5.88. The number of anilines is 1. The van der Waals surface area contributed by atoms with Crippen molar-refractivity contribution in [1.82, 2.24) is 10.2 Å². The van der Waals surface area contributed by atoms with Crippen molar-refractivity contribution in [3.05, 3.63) is 29.8 Å². The molecule has 1 aliphatic carbocycles. The average Bonchev–Trinajstić information content (AvgIpc) is 2.79. The first-order valence-corrected chi connectivity index (χ1v) is 10.9. The molecular formula is C22H32ClN3O4. The molecule has 0 spiro atoms. The van der Waals surface area contributed by atoms with E-state index in [0.29, 0.717) is 12.1 Å². The van der Waals surface area contributed by atoms with E-state index in [1.165, 1.54) is 13.5 Å². The molecule has 0 heterocycles. The fourth-order valence-corrected chi connectivity index (χ4v) is 4.08. The zero-order chi connectivity index (χ0) is 22.1. The molecule has 2 atom stereocenters. The normalized spacial score (nSPS) is 17.5. The molecule has 1 aliphatic rings. The number of hydrogen-bond donors (Lipinski definition) is 3. The highest BCUT2D eigenvalue weighted by molar-refractivity contribution is 6.16. The molecule has 0 aliphatic heterocycles. The third kappa shape index (κ3) is 6.19. The first-order valence-electron chi connectivity index (χ1n) is 10.5. The number of benzene rings is 1. The molecule has 8 heteroatoms. The molecule has 1 fully saturated rings. The van der Waals surface area contributed by atoms with Crippen molar-refractivity contribution in [2.75, 3.05) is 12.4 Å². The van der Waals surface area contributed by atoms with Gasteiger partial charge in [0.15, 0.2) is 0 Å². The number of nitrogens with one attached hydrogen (secondary N) is 3. The number of hydrogen-bond acceptors (Lipinski definition) is 5. The van der Waals surface area contributed by atoms with Crippen molar-refractivity contribution in [2.24, 2.45) is 5.92 Å². The van der Waals surface area contributed by atoms with Crippen LogP contribution in [-0.2, 0) is 25.5 Å². The zero-order valence-corrected chi connectivity index (χ0v) is 18.7. The van der Waals surface area contributed by atoms with Crippen LogP contribution >= 0.6 is 11.8 Å². The van der Waals surface area contributed by atoms with E-state index >= 15 is 0 Å². The smallest absolute Gasteiger partial charge is 0.328 e. The van der Waals surface area contributed by atoms with E-state index in [1.54, 1.807) is 19.1 Å². The molecule has 166 valence electrons. The first-order chi connectivity index (χ1) is 14.3. The summed E-state index contributed by atoms with van der Waals surface area (Å²) in [6.07, 6.45) is 5.95. The van der Waals surface area contributed by atoms with E-state index in [4.69, 9.17) is 16.5 Å². The van der Waals surface area contributed by atoms with Crippen LogP contribution in [0.25, 0.3) is 0 Å². The lowest BCUT2D eigenvalue weighted by Gasteiger charge is -2.37. The number of halogens is 1. The molecule has 0 unspecified atom stereocenters. The minimum Gasteiger partial charge on any atom is -0.467 e. The molecule has 7 nitrogen and oxygen atoms in total. The summed E-state index contributed by atoms with van der Waals surface area (Å²) in [4.78, 5) is 39.3. The van der Waals surface area contributed by atoms with Gasteiger partial charge in [0.05, 0.1) is 7.11 Å². The van der Waals surface area contributed by atoms with Crippen LogP contribution in [0.15, 0.2) is 24.3 Å². The predicted molar refractivity (Wildman–Crippen MR) is 117 cm³/mol. The van der Waals surface area contributed by atoms with Gasteiger partial charge in [-0.2, -0.15) is 0 Å². The number of carbonyl (C=O) groups is 3. The van der Waals surface area contributed by atoms with Gasteiger partial charge in [0.2, 0.25) is 11.8 Å². The van der Waals surface area contributed by atoms with Crippen LogP contribution < -0.4 is 15.5 Å². The topological polar surface area (TPSA) is 96.5 Å². The minimum absolute atomic E-state index is 0.167. The molecule has 0 bridgehead atoms. The highest BCUT2D eigenvalue weighted by Crippen LogP contribution is 2.34.